The number of hydrogen-bond acceptors (Lipinski definition) is 4. The molecule has 1 aliphatic carbocycles. The lowest BCUT2D eigenvalue weighted by atomic mass is 10.1. The SMILES string of the molecule is O=C(CCc1cccc(OC2CCCC2)c1)Nc1ccc(NC2CCOCC2)cc1. The third kappa shape index (κ3) is 6.23. The minimum atomic E-state index is 0.0299. The first-order valence-corrected chi connectivity index (χ1v) is 11.2. The molecule has 2 N–H and O–H groups in total. The van der Waals surface area contributed by atoms with Gasteiger partial charge in [0.15, 0.2) is 0 Å². The Morgan fingerprint density at radius 1 is 0.967 bits per heavy atom. The molecule has 1 aliphatic heterocycles. The van der Waals surface area contributed by atoms with Crippen molar-refractivity contribution in [1.82, 2.24) is 0 Å². The summed E-state index contributed by atoms with van der Waals surface area (Å²) in [7, 11) is 0. The fourth-order valence-corrected chi connectivity index (χ4v) is 4.18. The molecule has 2 fully saturated rings. The number of benzene rings is 2. The largest absolute Gasteiger partial charge is 0.490 e. The van der Waals surface area contributed by atoms with Gasteiger partial charge >= 0.3 is 0 Å². The number of carbonyl (C=O) groups is 1. The number of hydrogen-bond donors (Lipinski definition) is 2. The van der Waals surface area contributed by atoms with Gasteiger partial charge in [0, 0.05) is 37.1 Å². The minimum Gasteiger partial charge on any atom is -0.490 e. The summed E-state index contributed by atoms with van der Waals surface area (Å²) >= 11 is 0. The zero-order chi connectivity index (χ0) is 20.6. The highest BCUT2D eigenvalue weighted by Gasteiger charge is 2.16. The van der Waals surface area contributed by atoms with Gasteiger partial charge in [-0.15, -0.1) is 0 Å². The number of amides is 1. The normalized spacial score (nSPS) is 17.6. The molecule has 2 aliphatic rings. The lowest BCUT2D eigenvalue weighted by Crippen LogP contribution is -2.27. The van der Waals surface area contributed by atoms with Crippen molar-refractivity contribution in [3.05, 3.63) is 54.1 Å². The van der Waals surface area contributed by atoms with Crippen LogP contribution in [0.2, 0.25) is 0 Å². The number of anilines is 2. The second-order valence-corrected chi connectivity index (χ2v) is 8.33. The molecule has 160 valence electrons. The monoisotopic (exact) mass is 408 g/mol. The van der Waals surface area contributed by atoms with Crippen molar-refractivity contribution in [2.45, 2.75) is 63.5 Å². The fourth-order valence-electron chi connectivity index (χ4n) is 4.18. The molecule has 2 aromatic carbocycles. The topological polar surface area (TPSA) is 59.6 Å². The van der Waals surface area contributed by atoms with Gasteiger partial charge in [-0.1, -0.05) is 12.1 Å². The van der Waals surface area contributed by atoms with Crippen LogP contribution in [0.1, 0.15) is 50.5 Å². The van der Waals surface area contributed by atoms with Crippen molar-refractivity contribution in [3.63, 3.8) is 0 Å². The highest BCUT2D eigenvalue weighted by molar-refractivity contribution is 5.91. The molecule has 0 aromatic heterocycles. The Labute approximate surface area is 179 Å². The van der Waals surface area contributed by atoms with Gasteiger partial charge in [0.2, 0.25) is 5.91 Å². The van der Waals surface area contributed by atoms with Crippen LogP contribution in [-0.2, 0) is 16.0 Å². The summed E-state index contributed by atoms with van der Waals surface area (Å²) in [5, 5.41) is 6.53. The van der Waals surface area contributed by atoms with Gasteiger partial charge < -0.3 is 20.1 Å². The Balaban J connectivity index is 1.22. The minimum absolute atomic E-state index is 0.0299. The van der Waals surface area contributed by atoms with Crippen LogP contribution in [-0.4, -0.2) is 31.3 Å². The molecule has 1 saturated heterocycles. The second kappa shape index (κ2) is 10.5. The summed E-state index contributed by atoms with van der Waals surface area (Å²) in [6.07, 6.45) is 8.40. The standard InChI is InChI=1S/C25H32N2O3/c28-25(13-8-19-4-3-7-24(18-19)30-23-5-1-2-6-23)27-21-11-9-20(10-12-21)26-22-14-16-29-17-15-22/h3-4,7,9-12,18,22-23,26H,1-2,5-6,8,13-17H2,(H,27,28). The van der Waals surface area contributed by atoms with Gasteiger partial charge in [0.25, 0.3) is 0 Å². The number of carbonyl (C=O) groups excluding carboxylic acids is 1. The zero-order valence-electron chi connectivity index (χ0n) is 17.6. The molecule has 5 nitrogen and oxygen atoms in total. The maximum atomic E-state index is 12.4. The third-order valence-corrected chi connectivity index (χ3v) is 5.90. The number of aryl methyl sites for hydroxylation is 1. The van der Waals surface area contributed by atoms with E-state index in [0.717, 1.165) is 61.6 Å². The van der Waals surface area contributed by atoms with Crippen LogP contribution in [0.25, 0.3) is 0 Å². The van der Waals surface area contributed by atoms with E-state index in [1.807, 2.05) is 36.4 Å². The summed E-state index contributed by atoms with van der Waals surface area (Å²) in [6, 6.07) is 16.6. The summed E-state index contributed by atoms with van der Waals surface area (Å²) < 4.78 is 11.5. The van der Waals surface area contributed by atoms with Crippen LogP contribution in [0.15, 0.2) is 48.5 Å². The quantitative estimate of drug-likeness (QED) is 0.633. The van der Waals surface area contributed by atoms with Crippen LogP contribution in [0, 0.1) is 0 Å². The summed E-state index contributed by atoms with van der Waals surface area (Å²) in [5.74, 6) is 0.953. The van der Waals surface area contributed by atoms with E-state index in [1.165, 1.54) is 12.8 Å². The highest BCUT2D eigenvalue weighted by Crippen LogP contribution is 2.25. The predicted octanol–water partition coefficient (Wildman–Crippen LogP) is 5.17. The van der Waals surface area contributed by atoms with Crippen LogP contribution in [0.3, 0.4) is 0 Å². The van der Waals surface area contributed by atoms with Crippen molar-refractivity contribution < 1.29 is 14.3 Å². The number of ether oxygens (including phenoxy) is 2. The van der Waals surface area contributed by atoms with E-state index in [4.69, 9.17) is 9.47 Å². The van der Waals surface area contributed by atoms with Crippen molar-refractivity contribution >= 4 is 17.3 Å². The van der Waals surface area contributed by atoms with E-state index < -0.39 is 0 Å². The maximum Gasteiger partial charge on any atom is 0.224 e. The summed E-state index contributed by atoms with van der Waals surface area (Å²) in [4.78, 5) is 12.4. The van der Waals surface area contributed by atoms with Crippen LogP contribution >= 0.6 is 0 Å². The number of rotatable bonds is 8. The highest BCUT2D eigenvalue weighted by atomic mass is 16.5. The van der Waals surface area contributed by atoms with Crippen LogP contribution in [0.5, 0.6) is 5.75 Å². The average molecular weight is 409 g/mol. The van der Waals surface area contributed by atoms with Crippen LogP contribution in [0.4, 0.5) is 11.4 Å². The molecular formula is C25H32N2O3. The van der Waals surface area contributed by atoms with Gasteiger partial charge in [0.1, 0.15) is 5.75 Å². The molecule has 0 radical (unpaired) electrons. The summed E-state index contributed by atoms with van der Waals surface area (Å²) in [5.41, 5.74) is 3.05. The Morgan fingerprint density at radius 3 is 2.47 bits per heavy atom. The smallest absolute Gasteiger partial charge is 0.224 e. The molecule has 30 heavy (non-hydrogen) atoms. The van der Waals surface area contributed by atoms with Gasteiger partial charge in [-0.2, -0.15) is 0 Å². The Morgan fingerprint density at radius 2 is 1.70 bits per heavy atom. The van der Waals surface area contributed by atoms with Crippen molar-refractivity contribution in [3.8, 4) is 5.75 Å². The molecule has 4 rings (SSSR count). The predicted molar refractivity (Wildman–Crippen MR) is 120 cm³/mol. The van der Waals surface area contributed by atoms with Gasteiger partial charge in [0.05, 0.1) is 6.10 Å². The molecule has 1 heterocycles. The van der Waals surface area contributed by atoms with E-state index in [9.17, 15) is 4.79 Å². The first kappa shape index (κ1) is 20.7. The third-order valence-electron chi connectivity index (χ3n) is 5.90. The van der Waals surface area contributed by atoms with Crippen molar-refractivity contribution in [1.29, 1.82) is 0 Å². The molecule has 1 amide bonds. The molecule has 0 bridgehead atoms. The molecule has 0 unspecified atom stereocenters. The van der Waals surface area contributed by atoms with E-state index in [-0.39, 0.29) is 5.91 Å². The Kier molecular flexibility index (Phi) is 7.25. The Bertz CT molecular complexity index is 809. The number of nitrogens with one attached hydrogen (secondary N) is 2. The lowest BCUT2D eigenvalue weighted by molar-refractivity contribution is -0.116. The van der Waals surface area contributed by atoms with Crippen molar-refractivity contribution in [2.75, 3.05) is 23.8 Å². The van der Waals surface area contributed by atoms with E-state index in [0.29, 0.717) is 25.0 Å². The van der Waals surface area contributed by atoms with Gasteiger partial charge in [-0.25, -0.2) is 0 Å². The first-order valence-electron chi connectivity index (χ1n) is 11.2. The summed E-state index contributed by atoms with van der Waals surface area (Å²) in [6.45, 7) is 1.64. The molecule has 0 atom stereocenters. The molecular weight excluding hydrogens is 376 g/mol. The molecule has 1 saturated carbocycles. The lowest BCUT2D eigenvalue weighted by Gasteiger charge is -2.24. The van der Waals surface area contributed by atoms with Gasteiger partial charge in [-0.05, 0) is 86.9 Å². The van der Waals surface area contributed by atoms with E-state index in [2.05, 4.69) is 22.8 Å². The van der Waals surface area contributed by atoms with E-state index in [1.54, 1.807) is 0 Å². The molecule has 2 aromatic rings. The van der Waals surface area contributed by atoms with Crippen LogP contribution < -0.4 is 15.4 Å². The molecule has 0 spiro atoms. The zero-order valence-corrected chi connectivity index (χ0v) is 17.6. The van der Waals surface area contributed by atoms with Crippen molar-refractivity contribution in [2.24, 2.45) is 0 Å². The molecule has 5 heteroatoms. The first-order chi connectivity index (χ1) is 14.7. The fraction of sp³-hybridized carbons (Fsp3) is 0.480. The second-order valence-electron chi connectivity index (χ2n) is 8.33. The van der Waals surface area contributed by atoms with E-state index >= 15 is 0 Å². The maximum absolute atomic E-state index is 12.4. The average Bonchev–Trinajstić information content (AvgIpc) is 3.28. The van der Waals surface area contributed by atoms with Gasteiger partial charge in [-0.3, -0.25) is 4.79 Å². The Hall–Kier alpha value is -2.53.